The van der Waals surface area contributed by atoms with E-state index in [1.165, 1.54) is 0 Å². The third kappa shape index (κ3) is 1.53. The van der Waals surface area contributed by atoms with Crippen LogP contribution in [0, 0.1) is 0 Å². The molecule has 0 amide bonds. The van der Waals surface area contributed by atoms with E-state index in [1.54, 1.807) is 0 Å². The Morgan fingerprint density at radius 2 is 2.36 bits per heavy atom. The number of hydrogen-bond donors (Lipinski definition) is 2. The van der Waals surface area contributed by atoms with Gasteiger partial charge in [0, 0.05) is 12.5 Å². The van der Waals surface area contributed by atoms with Crippen LogP contribution in [0.4, 0.5) is 0 Å². The van der Waals surface area contributed by atoms with Gasteiger partial charge in [0.2, 0.25) is 0 Å². The highest BCUT2D eigenvalue weighted by molar-refractivity contribution is 5.04. The summed E-state index contributed by atoms with van der Waals surface area (Å²) in [7, 11) is 0. The predicted molar refractivity (Wildman–Crippen MR) is 49.8 cm³/mol. The smallest absolute Gasteiger partial charge is 0.259 e. The van der Waals surface area contributed by atoms with Gasteiger partial charge in [-0.2, -0.15) is 4.98 Å². The standard InChI is InChI=1S/C9H15N3O2/c1-6(2)7-11-8(14-12-7)9(13)3-4-10-5-9/h6,10,13H,3-5H2,1-2H3. The van der Waals surface area contributed by atoms with E-state index in [-0.39, 0.29) is 5.92 Å². The number of aliphatic hydroxyl groups is 1. The normalized spacial score (nSPS) is 27.4. The van der Waals surface area contributed by atoms with E-state index in [1.807, 2.05) is 13.8 Å². The number of rotatable bonds is 2. The van der Waals surface area contributed by atoms with Crippen LogP contribution in [0.25, 0.3) is 0 Å². The second kappa shape index (κ2) is 3.33. The minimum absolute atomic E-state index is 0.227. The molecule has 0 radical (unpaired) electrons. The molecule has 0 spiro atoms. The van der Waals surface area contributed by atoms with Gasteiger partial charge in [-0.25, -0.2) is 0 Å². The molecule has 1 fully saturated rings. The Labute approximate surface area is 82.5 Å². The minimum atomic E-state index is -0.958. The van der Waals surface area contributed by atoms with Crippen LogP contribution in [0.2, 0.25) is 0 Å². The van der Waals surface area contributed by atoms with E-state index in [0.717, 1.165) is 6.54 Å². The van der Waals surface area contributed by atoms with Crippen molar-refractivity contribution in [3.63, 3.8) is 0 Å². The first kappa shape index (κ1) is 9.61. The molecule has 1 aromatic heterocycles. The monoisotopic (exact) mass is 197 g/mol. The first-order chi connectivity index (χ1) is 6.62. The zero-order valence-electron chi connectivity index (χ0n) is 8.45. The van der Waals surface area contributed by atoms with Crippen LogP contribution in [-0.2, 0) is 5.60 Å². The molecular formula is C9H15N3O2. The molecule has 1 aromatic rings. The Hall–Kier alpha value is -0.940. The Morgan fingerprint density at radius 1 is 1.57 bits per heavy atom. The number of aromatic nitrogens is 2. The van der Waals surface area contributed by atoms with E-state index >= 15 is 0 Å². The third-order valence-corrected chi connectivity index (χ3v) is 2.49. The number of nitrogens with one attached hydrogen (secondary N) is 1. The molecule has 78 valence electrons. The topological polar surface area (TPSA) is 71.2 Å². The van der Waals surface area contributed by atoms with Gasteiger partial charge in [-0.05, 0) is 13.0 Å². The van der Waals surface area contributed by atoms with Crippen LogP contribution in [0.3, 0.4) is 0 Å². The molecule has 0 aromatic carbocycles. The van der Waals surface area contributed by atoms with Crippen molar-refractivity contribution >= 4 is 0 Å². The molecule has 1 aliphatic heterocycles. The Morgan fingerprint density at radius 3 is 2.86 bits per heavy atom. The summed E-state index contributed by atoms with van der Waals surface area (Å²) in [5.74, 6) is 1.22. The van der Waals surface area contributed by atoms with Crippen molar-refractivity contribution in [1.82, 2.24) is 15.5 Å². The largest absolute Gasteiger partial charge is 0.379 e. The van der Waals surface area contributed by atoms with Gasteiger partial charge in [0.15, 0.2) is 11.4 Å². The summed E-state index contributed by atoms with van der Waals surface area (Å²) < 4.78 is 5.06. The van der Waals surface area contributed by atoms with Crippen LogP contribution in [0.15, 0.2) is 4.52 Å². The summed E-state index contributed by atoms with van der Waals surface area (Å²) in [6.07, 6.45) is 0.632. The zero-order valence-corrected chi connectivity index (χ0v) is 8.45. The molecule has 1 unspecified atom stereocenters. The molecule has 0 aliphatic carbocycles. The van der Waals surface area contributed by atoms with E-state index in [0.29, 0.717) is 24.7 Å². The maximum Gasteiger partial charge on any atom is 0.259 e. The van der Waals surface area contributed by atoms with Crippen LogP contribution in [0.5, 0.6) is 0 Å². The highest BCUT2D eigenvalue weighted by Crippen LogP contribution is 2.26. The lowest BCUT2D eigenvalue weighted by molar-refractivity contribution is 0.0243. The van der Waals surface area contributed by atoms with E-state index in [2.05, 4.69) is 15.5 Å². The second-order valence-electron chi connectivity index (χ2n) is 4.07. The maximum absolute atomic E-state index is 10.1. The van der Waals surface area contributed by atoms with Crippen LogP contribution >= 0.6 is 0 Å². The fraction of sp³-hybridized carbons (Fsp3) is 0.778. The number of β-amino-alcohol motifs (C(OH)–C–C–N with tert-alkyl or cyclic N) is 1. The summed E-state index contributed by atoms with van der Waals surface area (Å²) in [6.45, 7) is 5.26. The van der Waals surface area contributed by atoms with Crippen molar-refractivity contribution in [1.29, 1.82) is 0 Å². The van der Waals surface area contributed by atoms with Gasteiger partial charge in [-0.1, -0.05) is 19.0 Å². The highest BCUT2D eigenvalue weighted by atomic mass is 16.5. The van der Waals surface area contributed by atoms with E-state index in [4.69, 9.17) is 4.52 Å². The molecule has 2 heterocycles. The Kier molecular flexibility index (Phi) is 2.28. The van der Waals surface area contributed by atoms with Crippen molar-refractivity contribution in [3.8, 4) is 0 Å². The maximum atomic E-state index is 10.1. The van der Waals surface area contributed by atoms with Crippen LogP contribution in [-0.4, -0.2) is 28.3 Å². The molecule has 1 aliphatic rings. The SMILES string of the molecule is CC(C)c1noc(C2(O)CCNC2)n1. The summed E-state index contributed by atoms with van der Waals surface area (Å²) >= 11 is 0. The third-order valence-electron chi connectivity index (χ3n) is 2.49. The first-order valence-corrected chi connectivity index (χ1v) is 4.89. The van der Waals surface area contributed by atoms with Crippen molar-refractivity contribution in [2.24, 2.45) is 0 Å². The van der Waals surface area contributed by atoms with Gasteiger partial charge in [0.05, 0.1) is 0 Å². The van der Waals surface area contributed by atoms with Gasteiger partial charge in [0.1, 0.15) is 0 Å². The molecule has 5 heteroatoms. The molecular weight excluding hydrogens is 182 g/mol. The fourth-order valence-corrected chi connectivity index (χ4v) is 1.52. The highest BCUT2D eigenvalue weighted by Gasteiger charge is 2.38. The predicted octanol–water partition coefficient (Wildman–Crippen LogP) is 0.374. The second-order valence-corrected chi connectivity index (χ2v) is 4.07. The molecule has 2 rings (SSSR count). The average molecular weight is 197 g/mol. The molecule has 1 saturated heterocycles. The summed E-state index contributed by atoms with van der Waals surface area (Å²) in [4.78, 5) is 4.20. The fourth-order valence-electron chi connectivity index (χ4n) is 1.52. The first-order valence-electron chi connectivity index (χ1n) is 4.89. The lowest BCUT2D eigenvalue weighted by Crippen LogP contribution is -2.28. The average Bonchev–Trinajstić information content (AvgIpc) is 2.71. The molecule has 2 N–H and O–H groups in total. The quantitative estimate of drug-likeness (QED) is 0.717. The van der Waals surface area contributed by atoms with Crippen molar-refractivity contribution in [3.05, 3.63) is 11.7 Å². The van der Waals surface area contributed by atoms with Crippen molar-refractivity contribution < 1.29 is 9.63 Å². The van der Waals surface area contributed by atoms with Gasteiger partial charge < -0.3 is 14.9 Å². The summed E-state index contributed by atoms with van der Waals surface area (Å²) in [5.41, 5.74) is -0.958. The summed E-state index contributed by atoms with van der Waals surface area (Å²) in [6, 6.07) is 0. The lowest BCUT2D eigenvalue weighted by atomic mass is 10.0. The van der Waals surface area contributed by atoms with E-state index < -0.39 is 5.60 Å². The zero-order chi connectivity index (χ0) is 10.2. The van der Waals surface area contributed by atoms with Gasteiger partial charge in [0.25, 0.3) is 5.89 Å². The van der Waals surface area contributed by atoms with Crippen molar-refractivity contribution in [2.45, 2.75) is 31.8 Å². The van der Waals surface area contributed by atoms with Crippen LogP contribution in [0.1, 0.15) is 37.9 Å². The minimum Gasteiger partial charge on any atom is -0.379 e. The molecule has 14 heavy (non-hydrogen) atoms. The van der Waals surface area contributed by atoms with E-state index in [9.17, 15) is 5.11 Å². The van der Waals surface area contributed by atoms with Gasteiger partial charge in [-0.3, -0.25) is 0 Å². The molecule has 5 nitrogen and oxygen atoms in total. The lowest BCUT2D eigenvalue weighted by Gasteiger charge is -2.14. The van der Waals surface area contributed by atoms with Crippen molar-refractivity contribution in [2.75, 3.05) is 13.1 Å². The molecule has 1 atom stereocenters. The Balaban J connectivity index is 2.23. The molecule has 0 bridgehead atoms. The number of hydrogen-bond acceptors (Lipinski definition) is 5. The summed E-state index contributed by atoms with van der Waals surface area (Å²) in [5, 5.41) is 17.0. The Bertz CT molecular complexity index is 316. The molecule has 0 saturated carbocycles. The van der Waals surface area contributed by atoms with Gasteiger partial charge in [-0.15, -0.1) is 0 Å². The van der Waals surface area contributed by atoms with Crippen LogP contribution < -0.4 is 5.32 Å². The number of nitrogens with zero attached hydrogens (tertiary/aromatic N) is 2. The van der Waals surface area contributed by atoms with Gasteiger partial charge >= 0.3 is 0 Å².